The van der Waals surface area contributed by atoms with E-state index in [0.717, 1.165) is 6.07 Å². The van der Waals surface area contributed by atoms with E-state index in [0.29, 0.717) is 6.61 Å². The second-order valence-corrected chi connectivity index (χ2v) is 3.56. The number of hydrogen-bond acceptors (Lipinski definition) is 5. The highest BCUT2D eigenvalue weighted by atomic mass is 19.3. The van der Waals surface area contributed by atoms with Crippen LogP contribution in [0.4, 0.5) is 14.5 Å². The maximum absolute atomic E-state index is 12.8. The molecule has 6 nitrogen and oxygen atoms in total. The highest BCUT2D eigenvalue weighted by Gasteiger charge is 2.15. The second kappa shape index (κ2) is 8.18. The lowest BCUT2D eigenvalue weighted by molar-refractivity contribution is -0.384. The summed E-state index contributed by atoms with van der Waals surface area (Å²) in [5.74, 6) is -0.744. The molecule has 0 aliphatic heterocycles. The van der Waals surface area contributed by atoms with Gasteiger partial charge in [-0.05, 0) is 0 Å². The Balaban J connectivity index is 2.75. The maximum atomic E-state index is 12.8. The highest BCUT2D eigenvalue weighted by molar-refractivity contribution is 5.62. The van der Waals surface area contributed by atoms with Crippen molar-refractivity contribution in [3.05, 3.63) is 46.0 Å². The normalized spacial score (nSPS) is 10.2. The largest absolute Gasteiger partial charge is 0.461 e. The van der Waals surface area contributed by atoms with Gasteiger partial charge in [-0.3, -0.25) is 10.1 Å². The molecule has 110 valence electrons. The van der Waals surface area contributed by atoms with Crippen molar-refractivity contribution in [2.45, 2.75) is 0 Å². The van der Waals surface area contributed by atoms with Gasteiger partial charge < -0.3 is 14.2 Å². The molecule has 0 aromatic heterocycles. The van der Waals surface area contributed by atoms with Crippen LogP contribution in [0.1, 0.15) is 5.56 Å². The lowest BCUT2D eigenvalue weighted by Crippen LogP contribution is -2.06. The lowest BCUT2D eigenvalue weighted by atomic mass is 10.2. The summed E-state index contributed by atoms with van der Waals surface area (Å²) in [5, 5.41) is 10.6. The molecule has 8 heteroatoms. The zero-order chi connectivity index (χ0) is 15.0. The number of nitrogens with zero attached hydrogens (tertiary/aromatic N) is 1. The van der Waals surface area contributed by atoms with Crippen molar-refractivity contribution in [1.82, 2.24) is 0 Å². The van der Waals surface area contributed by atoms with Crippen molar-refractivity contribution in [2.24, 2.45) is 0 Å². The Hall–Kier alpha value is -2.06. The van der Waals surface area contributed by atoms with Crippen molar-refractivity contribution in [3.8, 4) is 0 Å². The van der Waals surface area contributed by atoms with Gasteiger partial charge in [0.1, 0.15) is 0 Å². The van der Waals surface area contributed by atoms with E-state index in [1.165, 1.54) is 25.3 Å². The molecule has 0 unspecified atom stereocenters. The standard InChI is InChI=1S/C12H13F2NO5/c1-18-5-6-19-8-20-11(12(13)14)9-3-2-4-10(7-9)15(16)17/h2-4,7H,5-6,8H2,1H3. The number of non-ortho nitro benzene ring substituents is 1. The first kappa shape index (κ1) is 16.0. The summed E-state index contributed by atoms with van der Waals surface area (Å²) < 4.78 is 40.0. The molecule has 0 amide bonds. The van der Waals surface area contributed by atoms with Crippen LogP contribution < -0.4 is 0 Å². The number of methoxy groups -OCH3 is 1. The average Bonchev–Trinajstić information content (AvgIpc) is 2.42. The van der Waals surface area contributed by atoms with Gasteiger partial charge in [0.2, 0.25) is 0 Å². The molecule has 0 aliphatic rings. The minimum absolute atomic E-state index is 0.0884. The molecule has 0 atom stereocenters. The number of rotatable bonds is 8. The Kier molecular flexibility index (Phi) is 6.54. The van der Waals surface area contributed by atoms with Crippen LogP contribution in [-0.4, -0.2) is 32.0 Å². The van der Waals surface area contributed by atoms with Crippen LogP contribution in [0.15, 0.2) is 30.3 Å². The fourth-order valence-corrected chi connectivity index (χ4v) is 1.31. The molecular weight excluding hydrogens is 276 g/mol. The van der Waals surface area contributed by atoms with E-state index < -0.39 is 23.6 Å². The molecule has 0 fully saturated rings. The van der Waals surface area contributed by atoms with Crippen molar-refractivity contribution >= 4 is 11.4 Å². The summed E-state index contributed by atoms with van der Waals surface area (Å²) in [6.45, 7) is 0.0860. The minimum Gasteiger partial charge on any atom is -0.461 e. The van der Waals surface area contributed by atoms with E-state index in [9.17, 15) is 18.9 Å². The van der Waals surface area contributed by atoms with E-state index in [2.05, 4.69) is 0 Å². The van der Waals surface area contributed by atoms with Crippen molar-refractivity contribution in [3.63, 3.8) is 0 Å². The predicted molar refractivity (Wildman–Crippen MR) is 66.0 cm³/mol. The molecule has 0 saturated carbocycles. The first-order valence-electron chi connectivity index (χ1n) is 5.56. The molecule has 0 bridgehead atoms. The van der Waals surface area contributed by atoms with Crippen LogP contribution in [0.2, 0.25) is 0 Å². The molecule has 20 heavy (non-hydrogen) atoms. The highest BCUT2D eigenvalue weighted by Crippen LogP contribution is 2.25. The Bertz CT molecular complexity index is 488. The van der Waals surface area contributed by atoms with Crippen molar-refractivity contribution in [2.75, 3.05) is 27.1 Å². The van der Waals surface area contributed by atoms with Gasteiger partial charge in [0.25, 0.3) is 5.69 Å². The molecule has 0 radical (unpaired) electrons. The minimum atomic E-state index is -2.08. The molecular formula is C12H13F2NO5. The quantitative estimate of drug-likeness (QED) is 0.242. The van der Waals surface area contributed by atoms with Gasteiger partial charge in [-0.15, -0.1) is 0 Å². The van der Waals surface area contributed by atoms with Crippen LogP contribution >= 0.6 is 0 Å². The number of nitro groups is 1. The van der Waals surface area contributed by atoms with Crippen LogP contribution in [-0.2, 0) is 14.2 Å². The van der Waals surface area contributed by atoms with E-state index in [1.54, 1.807) is 0 Å². The summed E-state index contributed by atoms with van der Waals surface area (Å²) >= 11 is 0. The molecule has 0 saturated heterocycles. The van der Waals surface area contributed by atoms with E-state index in [1.807, 2.05) is 0 Å². The maximum Gasteiger partial charge on any atom is 0.312 e. The third-order valence-electron chi connectivity index (χ3n) is 2.21. The van der Waals surface area contributed by atoms with Crippen molar-refractivity contribution < 1.29 is 27.9 Å². The Morgan fingerprint density at radius 3 is 2.70 bits per heavy atom. The Labute approximate surface area is 113 Å². The first-order chi connectivity index (χ1) is 9.56. The van der Waals surface area contributed by atoms with Crippen molar-refractivity contribution in [1.29, 1.82) is 0 Å². The smallest absolute Gasteiger partial charge is 0.312 e. The third-order valence-corrected chi connectivity index (χ3v) is 2.21. The van der Waals surface area contributed by atoms with E-state index in [4.69, 9.17) is 14.2 Å². The third kappa shape index (κ3) is 4.90. The average molecular weight is 289 g/mol. The number of ether oxygens (including phenoxy) is 3. The summed E-state index contributed by atoms with van der Waals surface area (Å²) in [6, 6.07) is 4.79. The molecule has 1 rings (SSSR count). The van der Waals surface area contributed by atoms with Crippen LogP contribution in [0.5, 0.6) is 0 Å². The monoisotopic (exact) mass is 289 g/mol. The Morgan fingerprint density at radius 2 is 2.10 bits per heavy atom. The topological polar surface area (TPSA) is 70.8 Å². The molecule has 0 N–H and O–H groups in total. The molecule has 1 aromatic rings. The summed E-state index contributed by atoms with van der Waals surface area (Å²) in [6.07, 6.45) is -2.08. The molecule has 1 aromatic carbocycles. The summed E-state index contributed by atoms with van der Waals surface area (Å²) in [4.78, 5) is 9.93. The fraction of sp³-hybridized carbons (Fsp3) is 0.333. The number of benzene rings is 1. The zero-order valence-electron chi connectivity index (χ0n) is 10.7. The zero-order valence-corrected chi connectivity index (χ0v) is 10.7. The number of hydrogen-bond donors (Lipinski definition) is 0. The number of halogens is 2. The van der Waals surface area contributed by atoms with E-state index in [-0.39, 0.29) is 17.9 Å². The lowest BCUT2D eigenvalue weighted by Gasteiger charge is -2.10. The van der Waals surface area contributed by atoms with Gasteiger partial charge in [-0.1, -0.05) is 12.1 Å². The second-order valence-electron chi connectivity index (χ2n) is 3.56. The van der Waals surface area contributed by atoms with Crippen LogP contribution in [0.25, 0.3) is 5.76 Å². The van der Waals surface area contributed by atoms with Gasteiger partial charge in [0.15, 0.2) is 12.6 Å². The van der Waals surface area contributed by atoms with Gasteiger partial charge in [0, 0.05) is 24.8 Å². The fourth-order valence-electron chi connectivity index (χ4n) is 1.31. The number of nitro benzene ring substituents is 1. The molecule has 0 heterocycles. The molecule has 0 aliphatic carbocycles. The van der Waals surface area contributed by atoms with Crippen LogP contribution in [0.3, 0.4) is 0 Å². The van der Waals surface area contributed by atoms with Crippen LogP contribution in [0, 0.1) is 10.1 Å². The SMILES string of the molecule is COCCOCOC(=C(F)F)c1cccc([N+](=O)[O-])c1. The van der Waals surface area contributed by atoms with Gasteiger partial charge in [-0.25, -0.2) is 0 Å². The predicted octanol–water partition coefficient (Wildman–Crippen LogP) is 2.80. The molecule has 0 spiro atoms. The summed E-state index contributed by atoms with van der Waals surface area (Å²) in [5.41, 5.74) is -0.389. The Morgan fingerprint density at radius 1 is 1.35 bits per heavy atom. The van der Waals surface area contributed by atoms with Gasteiger partial charge in [-0.2, -0.15) is 8.78 Å². The first-order valence-corrected chi connectivity index (χ1v) is 5.56. The van der Waals surface area contributed by atoms with Gasteiger partial charge in [0.05, 0.1) is 18.1 Å². The summed E-state index contributed by atoms with van der Waals surface area (Å²) in [7, 11) is 1.47. The van der Waals surface area contributed by atoms with E-state index >= 15 is 0 Å². The van der Waals surface area contributed by atoms with Gasteiger partial charge >= 0.3 is 6.08 Å².